The van der Waals surface area contributed by atoms with Crippen LogP contribution in [0, 0.1) is 0 Å². The summed E-state index contributed by atoms with van der Waals surface area (Å²) in [6, 6.07) is 82.6. The summed E-state index contributed by atoms with van der Waals surface area (Å²) in [5.41, 5.74) is 26.2. The molecule has 0 spiro atoms. The Morgan fingerprint density at radius 3 is 1.39 bits per heavy atom. The van der Waals surface area contributed by atoms with E-state index in [-0.39, 0.29) is 13.4 Å². The molecule has 0 saturated carbocycles. The third-order valence-corrected chi connectivity index (χ3v) is 16.6. The van der Waals surface area contributed by atoms with Crippen molar-refractivity contribution in [2.24, 2.45) is 0 Å². The summed E-state index contributed by atoms with van der Waals surface area (Å²) in [5.74, 6) is 1.76. The van der Waals surface area contributed by atoms with Gasteiger partial charge in [0.25, 0.3) is 13.4 Å². The van der Waals surface area contributed by atoms with Gasteiger partial charge in [0.05, 0.1) is 5.69 Å². The van der Waals surface area contributed by atoms with Crippen LogP contribution in [0.3, 0.4) is 0 Å². The zero-order valence-corrected chi connectivity index (χ0v) is 40.9. The van der Waals surface area contributed by atoms with Crippen molar-refractivity contribution in [3.05, 3.63) is 236 Å². The molecule has 0 radical (unpaired) electrons. The lowest BCUT2D eigenvalue weighted by atomic mass is 9.30. The fraction of sp³-hybridized carbons (Fsp3) is 0.0909. The second-order valence-corrected chi connectivity index (χ2v) is 20.5. The Morgan fingerprint density at radius 2 is 0.824 bits per heavy atom. The molecule has 0 aromatic heterocycles. The first kappa shape index (κ1) is 41.7. The minimum Gasteiger partial charge on any atom is -0.458 e. The van der Waals surface area contributed by atoms with Gasteiger partial charge in [0.2, 0.25) is 0 Å². The second-order valence-electron chi connectivity index (χ2n) is 20.5. The van der Waals surface area contributed by atoms with Crippen molar-refractivity contribution in [2.75, 3.05) is 37.6 Å². The lowest BCUT2D eigenvalue weighted by molar-refractivity contribution is 0.488. The van der Waals surface area contributed by atoms with Crippen molar-refractivity contribution in [2.45, 2.75) is 25.7 Å². The Hall–Kier alpha value is -8.87. The van der Waals surface area contributed by atoms with Crippen molar-refractivity contribution in [3.63, 3.8) is 0 Å². The number of ether oxygens (including phenoxy) is 1. The standard InChI is InChI=1S/C66H49B2N5O/c1-6-22-44(23-7-1)70(45-24-8-2-9-25-45)49-40-59-62-61(41-49)74-60-43-58-54(42-55(60)68(62)52-34-16-18-36-56(52)71(59)46-26-10-3-11-27-46)67-53-35-17-19-37-57(53)72(47-28-12-4-13-29-47)65-50-32-20-38-69-39-21-33-51(64(50)69)66(63(65)67)73(58)48-30-14-5-15-31-48/h1-19,22-31,34-37,40-43H,20-21,32-33,38-39H2. The molecule has 8 heteroatoms. The van der Waals surface area contributed by atoms with Gasteiger partial charge in [-0.25, -0.2) is 0 Å². The summed E-state index contributed by atoms with van der Waals surface area (Å²) in [5, 5.41) is 0. The summed E-state index contributed by atoms with van der Waals surface area (Å²) < 4.78 is 7.65. The Bertz CT molecular complexity index is 3840. The molecule has 0 aliphatic carbocycles. The average Bonchev–Trinajstić information content (AvgIpc) is 3.61. The third-order valence-electron chi connectivity index (χ3n) is 16.6. The SMILES string of the molecule is c1ccc(N(c2ccccc2)c2cc3c4c(c2)N(c2ccccc2)c2ccccc2B4c2cc4c(cc2O3)N(c2ccccc2)c2c3c5c(c6c2B4c2ccccc2N6c2ccccc2)CCCN5CCC3)cc1. The number of benzene rings is 10. The highest BCUT2D eigenvalue weighted by atomic mass is 16.5. The molecule has 0 fully saturated rings. The predicted octanol–water partition coefficient (Wildman–Crippen LogP) is 12.3. The molecule has 10 aromatic carbocycles. The molecule has 0 unspecified atom stereocenters. The normalized spacial score (nSPS) is 14.9. The Balaban J connectivity index is 0.997. The number of fused-ring (bicyclic) bond motifs is 10. The summed E-state index contributed by atoms with van der Waals surface area (Å²) in [4.78, 5) is 12.8. The topological polar surface area (TPSA) is 25.4 Å². The van der Waals surface area contributed by atoms with Crippen LogP contribution in [0.4, 0.5) is 73.9 Å². The van der Waals surface area contributed by atoms with Crippen LogP contribution in [0.1, 0.15) is 24.0 Å². The highest BCUT2D eigenvalue weighted by Crippen LogP contribution is 2.54. The molecule has 6 aliphatic rings. The number of hydrogen-bond donors (Lipinski definition) is 0. The van der Waals surface area contributed by atoms with E-state index >= 15 is 0 Å². The van der Waals surface area contributed by atoms with Gasteiger partial charge in [-0.1, -0.05) is 133 Å². The molecule has 6 heterocycles. The van der Waals surface area contributed by atoms with Gasteiger partial charge in [-0.3, -0.25) is 0 Å². The van der Waals surface area contributed by atoms with Gasteiger partial charge in [-0.05, 0) is 148 Å². The van der Waals surface area contributed by atoms with E-state index in [0.29, 0.717) is 0 Å². The van der Waals surface area contributed by atoms with Crippen LogP contribution >= 0.6 is 0 Å². The first-order valence-electron chi connectivity index (χ1n) is 26.4. The smallest absolute Gasteiger partial charge is 0.256 e. The number of nitrogens with zero attached hydrogens (tertiary/aromatic N) is 5. The maximum atomic E-state index is 7.65. The minimum atomic E-state index is -0.106. The largest absolute Gasteiger partial charge is 0.458 e. The average molecular weight is 950 g/mol. The molecule has 16 rings (SSSR count). The second kappa shape index (κ2) is 16.3. The van der Waals surface area contributed by atoms with Gasteiger partial charge >= 0.3 is 0 Å². The molecule has 10 aromatic rings. The molecular formula is C66H49B2N5O. The zero-order valence-electron chi connectivity index (χ0n) is 40.9. The van der Waals surface area contributed by atoms with Gasteiger partial charge in [0, 0.05) is 93.5 Å². The van der Waals surface area contributed by atoms with Gasteiger partial charge in [-0.2, -0.15) is 0 Å². The molecule has 6 aliphatic heterocycles. The summed E-state index contributed by atoms with van der Waals surface area (Å²) in [6.45, 7) is 2.05. The van der Waals surface area contributed by atoms with Crippen LogP contribution in [0.5, 0.6) is 11.5 Å². The highest BCUT2D eigenvalue weighted by Gasteiger charge is 2.50. The van der Waals surface area contributed by atoms with Gasteiger partial charge in [0.1, 0.15) is 11.5 Å². The van der Waals surface area contributed by atoms with Gasteiger partial charge in [-0.15, -0.1) is 0 Å². The monoisotopic (exact) mass is 949 g/mol. The van der Waals surface area contributed by atoms with Crippen molar-refractivity contribution in [3.8, 4) is 11.5 Å². The molecule has 0 atom stereocenters. The van der Waals surface area contributed by atoms with E-state index in [9.17, 15) is 0 Å². The molecule has 0 bridgehead atoms. The first-order valence-corrected chi connectivity index (χ1v) is 26.4. The lowest BCUT2D eigenvalue weighted by Crippen LogP contribution is -2.65. The van der Waals surface area contributed by atoms with E-state index < -0.39 is 0 Å². The minimum absolute atomic E-state index is 0.0246. The van der Waals surface area contributed by atoms with Crippen molar-refractivity contribution in [1.29, 1.82) is 0 Å². The van der Waals surface area contributed by atoms with Gasteiger partial charge < -0.3 is 29.2 Å². The van der Waals surface area contributed by atoms with Crippen molar-refractivity contribution < 1.29 is 4.74 Å². The molecular weight excluding hydrogens is 900 g/mol. The van der Waals surface area contributed by atoms with E-state index in [1.165, 1.54) is 83.7 Å². The molecule has 6 nitrogen and oxygen atoms in total. The van der Waals surface area contributed by atoms with Crippen LogP contribution < -0.4 is 62.0 Å². The van der Waals surface area contributed by atoms with Crippen LogP contribution in [0.15, 0.2) is 224 Å². The van der Waals surface area contributed by atoms with Crippen LogP contribution in [-0.4, -0.2) is 26.5 Å². The van der Waals surface area contributed by atoms with E-state index in [1.54, 1.807) is 0 Å². The van der Waals surface area contributed by atoms with E-state index in [4.69, 9.17) is 4.74 Å². The predicted molar refractivity (Wildman–Crippen MR) is 310 cm³/mol. The molecule has 0 amide bonds. The molecule has 74 heavy (non-hydrogen) atoms. The maximum Gasteiger partial charge on any atom is 0.256 e. The summed E-state index contributed by atoms with van der Waals surface area (Å²) >= 11 is 0. The first-order chi connectivity index (χ1) is 36.8. The van der Waals surface area contributed by atoms with Crippen LogP contribution in [0.2, 0.25) is 0 Å². The number of anilines is 13. The number of hydrogen-bond acceptors (Lipinski definition) is 6. The van der Waals surface area contributed by atoms with E-state index in [1.807, 2.05) is 0 Å². The molecule has 0 saturated heterocycles. The number of para-hydroxylation sites is 7. The van der Waals surface area contributed by atoms with Crippen molar-refractivity contribution >= 4 is 120 Å². The van der Waals surface area contributed by atoms with E-state index in [2.05, 4.69) is 249 Å². The lowest BCUT2D eigenvalue weighted by Gasteiger charge is -2.50. The van der Waals surface area contributed by atoms with E-state index in [0.717, 1.165) is 84.4 Å². The fourth-order valence-corrected chi connectivity index (χ4v) is 13.8. The quantitative estimate of drug-likeness (QED) is 0.154. The van der Waals surface area contributed by atoms with Crippen molar-refractivity contribution in [1.82, 2.24) is 0 Å². The summed E-state index contributed by atoms with van der Waals surface area (Å²) in [6.07, 6.45) is 4.38. The fourth-order valence-electron chi connectivity index (χ4n) is 13.8. The van der Waals surface area contributed by atoms with Crippen LogP contribution in [-0.2, 0) is 12.8 Å². The maximum absolute atomic E-state index is 7.65. The van der Waals surface area contributed by atoms with Gasteiger partial charge in [0.15, 0.2) is 0 Å². The Kier molecular flexibility index (Phi) is 9.20. The summed E-state index contributed by atoms with van der Waals surface area (Å²) in [7, 11) is 0. The number of rotatable bonds is 6. The zero-order chi connectivity index (χ0) is 48.4. The molecule has 350 valence electrons. The highest BCUT2D eigenvalue weighted by molar-refractivity contribution is 7.02. The van der Waals surface area contributed by atoms with Crippen LogP contribution in [0.25, 0.3) is 0 Å². The Labute approximate surface area is 433 Å². The molecule has 0 N–H and O–H groups in total. The third kappa shape index (κ3) is 6.02. The Morgan fingerprint density at radius 1 is 0.351 bits per heavy atom.